The number of rotatable bonds is 3. The van der Waals surface area contributed by atoms with Crippen molar-refractivity contribution in [3.8, 4) is 0 Å². The maximum Gasteiger partial charge on any atom is 0.263 e. The number of nitrogen functional groups attached to an aromatic ring is 1. The zero-order valence-corrected chi connectivity index (χ0v) is 11.7. The zero-order chi connectivity index (χ0) is 14.0. The minimum Gasteiger partial charge on any atom is -0.399 e. The van der Waals surface area contributed by atoms with Gasteiger partial charge < -0.3 is 5.73 Å². The molecule has 0 spiro atoms. The van der Waals surface area contributed by atoms with Gasteiger partial charge in [0.2, 0.25) is 0 Å². The van der Waals surface area contributed by atoms with Gasteiger partial charge >= 0.3 is 0 Å². The summed E-state index contributed by atoms with van der Waals surface area (Å²) in [6, 6.07) is 9.30. The van der Waals surface area contributed by atoms with E-state index in [4.69, 9.17) is 17.3 Å². The number of benzene rings is 1. The molecule has 2 rings (SSSR count). The monoisotopic (exact) mass is 297 g/mol. The number of hydrogen-bond donors (Lipinski definition) is 2. The smallest absolute Gasteiger partial charge is 0.263 e. The lowest BCUT2D eigenvalue weighted by Gasteiger charge is -2.09. The summed E-state index contributed by atoms with van der Waals surface area (Å²) in [7, 11) is -3.73. The molecule has 1 aromatic heterocycles. The van der Waals surface area contributed by atoms with Gasteiger partial charge in [-0.1, -0.05) is 17.7 Å². The molecule has 3 N–H and O–H groups in total. The van der Waals surface area contributed by atoms with Gasteiger partial charge in [0.1, 0.15) is 11.0 Å². The molecule has 2 aromatic rings. The Hall–Kier alpha value is -1.79. The van der Waals surface area contributed by atoms with Crippen LogP contribution in [0.2, 0.25) is 5.15 Å². The molecule has 0 atom stereocenters. The van der Waals surface area contributed by atoms with Crippen molar-refractivity contribution in [3.05, 3.63) is 47.1 Å². The second-order valence-corrected chi connectivity index (χ2v) is 6.10. The lowest BCUT2D eigenvalue weighted by Crippen LogP contribution is -2.14. The highest BCUT2D eigenvalue weighted by atomic mass is 35.5. The number of sulfonamides is 1. The van der Waals surface area contributed by atoms with E-state index in [1.165, 1.54) is 18.2 Å². The van der Waals surface area contributed by atoms with Crippen LogP contribution in [0.4, 0.5) is 11.5 Å². The van der Waals surface area contributed by atoms with E-state index in [0.717, 1.165) is 5.56 Å². The summed E-state index contributed by atoms with van der Waals surface area (Å²) in [6.45, 7) is 1.77. The number of aryl methyl sites for hydroxylation is 1. The number of halogens is 1. The maximum atomic E-state index is 12.2. The van der Waals surface area contributed by atoms with Gasteiger partial charge in [0.25, 0.3) is 10.0 Å². The molecule has 0 saturated heterocycles. The molecule has 19 heavy (non-hydrogen) atoms. The summed E-state index contributed by atoms with van der Waals surface area (Å²) in [5.41, 5.74) is 6.80. The topological polar surface area (TPSA) is 85.1 Å². The summed E-state index contributed by atoms with van der Waals surface area (Å²) in [5, 5.41) is 0.212. The van der Waals surface area contributed by atoms with Gasteiger partial charge in [-0.25, -0.2) is 13.4 Å². The Balaban J connectivity index is 2.37. The Kier molecular flexibility index (Phi) is 3.64. The minimum atomic E-state index is -3.73. The standard InChI is InChI=1S/C12H12ClN3O2S/c1-8-5-9(14)7-10(6-8)19(17,18)16-12-4-2-3-11(13)15-12/h2-7H,14H2,1H3,(H,15,16). The predicted octanol–water partition coefficient (Wildman–Crippen LogP) is 2.43. The predicted molar refractivity (Wildman–Crippen MR) is 75.6 cm³/mol. The van der Waals surface area contributed by atoms with Crippen LogP contribution >= 0.6 is 11.6 Å². The Bertz CT molecular complexity index is 696. The van der Waals surface area contributed by atoms with E-state index in [1.54, 1.807) is 25.1 Å². The fourth-order valence-corrected chi connectivity index (χ4v) is 2.90. The Morgan fingerprint density at radius 2 is 2.00 bits per heavy atom. The van der Waals surface area contributed by atoms with E-state index >= 15 is 0 Å². The Morgan fingerprint density at radius 3 is 2.63 bits per heavy atom. The molecule has 7 heteroatoms. The summed E-state index contributed by atoms with van der Waals surface area (Å²) in [4.78, 5) is 3.96. The van der Waals surface area contributed by atoms with Crippen LogP contribution < -0.4 is 10.5 Å². The van der Waals surface area contributed by atoms with Crippen LogP contribution in [0.3, 0.4) is 0 Å². The second-order valence-electron chi connectivity index (χ2n) is 4.03. The molecule has 0 aliphatic carbocycles. The quantitative estimate of drug-likeness (QED) is 0.673. The van der Waals surface area contributed by atoms with Crippen molar-refractivity contribution >= 4 is 33.1 Å². The minimum absolute atomic E-state index is 0.0896. The van der Waals surface area contributed by atoms with Gasteiger partial charge in [-0.3, -0.25) is 4.72 Å². The van der Waals surface area contributed by atoms with Crippen LogP contribution in [0.25, 0.3) is 0 Å². The summed E-state index contributed by atoms with van der Waals surface area (Å²) in [5.74, 6) is 0.160. The number of hydrogen-bond acceptors (Lipinski definition) is 4. The van der Waals surface area contributed by atoms with E-state index in [2.05, 4.69) is 9.71 Å². The number of anilines is 2. The first-order valence-corrected chi connectivity index (χ1v) is 7.25. The average molecular weight is 298 g/mol. The molecule has 0 aliphatic rings. The molecule has 0 fully saturated rings. The van der Waals surface area contributed by atoms with E-state index in [0.29, 0.717) is 5.69 Å². The lowest BCUT2D eigenvalue weighted by molar-refractivity contribution is 0.601. The van der Waals surface area contributed by atoms with Crippen molar-refractivity contribution in [2.75, 3.05) is 10.5 Å². The highest BCUT2D eigenvalue weighted by Crippen LogP contribution is 2.19. The van der Waals surface area contributed by atoms with Crippen molar-refractivity contribution in [1.82, 2.24) is 4.98 Å². The van der Waals surface area contributed by atoms with Crippen LogP contribution in [-0.2, 0) is 10.0 Å². The molecular formula is C12H12ClN3O2S. The van der Waals surface area contributed by atoms with Gasteiger partial charge in [-0.2, -0.15) is 0 Å². The third kappa shape index (κ3) is 3.36. The summed E-state index contributed by atoms with van der Waals surface area (Å²) < 4.78 is 26.7. The van der Waals surface area contributed by atoms with Crippen LogP contribution in [0.15, 0.2) is 41.3 Å². The molecule has 0 amide bonds. The Morgan fingerprint density at radius 1 is 1.26 bits per heavy atom. The molecule has 0 saturated carbocycles. The molecule has 0 aliphatic heterocycles. The maximum absolute atomic E-state index is 12.2. The van der Waals surface area contributed by atoms with Crippen molar-refractivity contribution < 1.29 is 8.42 Å². The molecule has 1 aromatic carbocycles. The largest absolute Gasteiger partial charge is 0.399 e. The van der Waals surface area contributed by atoms with Crippen molar-refractivity contribution in [1.29, 1.82) is 0 Å². The fraction of sp³-hybridized carbons (Fsp3) is 0.0833. The highest BCUT2D eigenvalue weighted by molar-refractivity contribution is 7.92. The van der Waals surface area contributed by atoms with Crippen molar-refractivity contribution in [2.24, 2.45) is 0 Å². The third-order valence-corrected chi connectivity index (χ3v) is 3.88. The van der Waals surface area contributed by atoms with Crippen molar-refractivity contribution in [2.45, 2.75) is 11.8 Å². The van der Waals surface area contributed by atoms with E-state index < -0.39 is 10.0 Å². The number of nitrogens with zero attached hydrogens (tertiary/aromatic N) is 1. The molecule has 100 valence electrons. The van der Waals surface area contributed by atoms with Crippen LogP contribution in [-0.4, -0.2) is 13.4 Å². The van der Waals surface area contributed by atoms with Crippen LogP contribution in [0.1, 0.15) is 5.56 Å². The summed E-state index contributed by atoms with van der Waals surface area (Å²) >= 11 is 5.70. The molecule has 1 heterocycles. The SMILES string of the molecule is Cc1cc(N)cc(S(=O)(=O)Nc2cccc(Cl)n2)c1. The highest BCUT2D eigenvalue weighted by Gasteiger charge is 2.15. The molecular weight excluding hydrogens is 286 g/mol. The van der Waals surface area contributed by atoms with E-state index in [9.17, 15) is 8.42 Å². The van der Waals surface area contributed by atoms with E-state index in [1.807, 2.05) is 0 Å². The number of nitrogens with two attached hydrogens (primary N) is 1. The molecule has 5 nitrogen and oxygen atoms in total. The normalized spacial score (nSPS) is 11.3. The first-order chi connectivity index (χ1) is 8.87. The van der Waals surface area contributed by atoms with Gasteiger partial charge in [0, 0.05) is 5.69 Å². The first kappa shape index (κ1) is 13.6. The van der Waals surface area contributed by atoms with Gasteiger partial charge in [0.15, 0.2) is 0 Å². The van der Waals surface area contributed by atoms with Gasteiger partial charge in [0.05, 0.1) is 4.90 Å². The molecule has 0 bridgehead atoms. The Labute approximate surface area is 116 Å². The molecule has 0 unspecified atom stereocenters. The van der Waals surface area contributed by atoms with Gasteiger partial charge in [-0.15, -0.1) is 0 Å². The van der Waals surface area contributed by atoms with E-state index in [-0.39, 0.29) is 15.9 Å². The lowest BCUT2D eigenvalue weighted by atomic mass is 10.2. The zero-order valence-electron chi connectivity index (χ0n) is 10.1. The van der Waals surface area contributed by atoms with Gasteiger partial charge in [-0.05, 0) is 42.8 Å². The van der Waals surface area contributed by atoms with Crippen LogP contribution in [0.5, 0.6) is 0 Å². The van der Waals surface area contributed by atoms with Crippen molar-refractivity contribution in [3.63, 3.8) is 0 Å². The molecule has 0 radical (unpaired) electrons. The number of aromatic nitrogens is 1. The number of pyridine rings is 1. The first-order valence-electron chi connectivity index (χ1n) is 5.39. The second kappa shape index (κ2) is 5.07. The number of nitrogens with one attached hydrogen (secondary N) is 1. The fourth-order valence-electron chi connectivity index (χ4n) is 1.59. The van der Waals surface area contributed by atoms with Crippen LogP contribution in [0, 0.1) is 6.92 Å². The summed E-state index contributed by atoms with van der Waals surface area (Å²) in [6.07, 6.45) is 0. The third-order valence-electron chi connectivity index (χ3n) is 2.34. The average Bonchev–Trinajstić information content (AvgIpc) is 2.26.